The van der Waals surface area contributed by atoms with Crippen LogP contribution in [0, 0.1) is 6.92 Å². The molecule has 152 valence electrons. The fourth-order valence-corrected chi connectivity index (χ4v) is 3.96. The average Bonchev–Trinajstić information content (AvgIpc) is 3.20. The van der Waals surface area contributed by atoms with E-state index < -0.39 is 0 Å². The molecule has 27 heavy (non-hydrogen) atoms. The van der Waals surface area contributed by atoms with Crippen LogP contribution in [0.25, 0.3) is 0 Å². The van der Waals surface area contributed by atoms with Gasteiger partial charge in [0.25, 0.3) is 0 Å². The van der Waals surface area contributed by atoms with Crippen LogP contribution in [0.5, 0.6) is 0 Å². The van der Waals surface area contributed by atoms with Crippen LogP contribution in [-0.2, 0) is 18.3 Å². The minimum Gasteiger partial charge on any atom is -0.376 e. The predicted octanol–water partition coefficient (Wildman–Crippen LogP) is 2.84. The molecule has 1 aromatic heterocycles. The lowest BCUT2D eigenvalue weighted by Gasteiger charge is -2.19. The highest BCUT2D eigenvalue weighted by molar-refractivity contribution is 5.80. The molecule has 0 aliphatic heterocycles. The molecular formula is C20H36N6O. The van der Waals surface area contributed by atoms with Gasteiger partial charge in [-0.3, -0.25) is 0 Å². The van der Waals surface area contributed by atoms with E-state index in [0.29, 0.717) is 18.7 Å². The van der Waals surface area contributed by atoms with Crippen LogP contribution in [0.1, 0.15) is 75.9 Å². The van der Waals surface area contributed by atoms with Crippen LogP contribution >= 0.6 is 0 Å². The Kier molecular flexibility index (Phi) is 7.93. The maximum atomic E-state index is 6.10. The Balaban J connectivity index is 1.48. The van der Waals surface area contributed by atoms with E-state index in [9.17, 15) is 0 Å². The molecule has 2 N–H and O–H groups in total. The topological polar surface area (TPSA) is 76.4 Å². The maximum absolute atomic E-state index is 6.10. The first-order valence-electron chi connectivity index (χ1n) is 10.7. The monoisotopic (exact) mass is 376 g/mol. The summed E-state index contributed by atoms with van der Waals surface area (Å²) in [6.07, 6.45) is 13.3. The molecular weight excluding hydrogens is 340 g/mol. The number of aromatic nitrogens is 3. The van der Waals surface area contributed by atoms with E-state index in [0.717, 1.165) is 30.8 Å². The summed E-state index contributed by atoms with van der Waals surface area (Å²) >= 11 is 0. The van der Waals surface area contributed by atoms with Gasteiger partial charge in [0.05, 0.1) is 12.7 Å². The van der Waals surface area contributed by atoms with Crippen molar-refractivity contribution in [2.24, 2.45) is 12.0 Å². The molecule has 1 aromatic rings. The van der Waals surface area contributed by atoms with E-state index in [2.05, 4.69) is 20.8 Å². The highest BCUT2D eigenvalue weighted by Gasteiger charge is 2.17. The highest BCUT2D eigenvalue weighted by Crippen LogP contribution is 2.19. The summed E-state index contributed by atoms with van der Waals surface area (Å²) < 4.78 is 8.09. The van der Waals surface area contributed by atoms with Crippen molar-refractivity contribution in [2.75, 3.05) is 13.2 Å². The van der Waals surface area contributed by atoms with Crippen LogP contribution in [0.15, 0.2) is 4.99 Å². The van der Waals surface area contributed by atoms with Crippen molar-refractivity contribution in [3.63, 3.8) is 0 Å². The Morgan fingerprint density at radius 2 is 1.78 bits per heavy atom. The quantitative estimate of drug-likeness (QED) is 0.331. The molecule has 2 saturated carbocycles. The lowest BCUT2D eigenvalue weighted by molar-refractivity contribution is 0.0468. The zero-order chi connectivity index (χ0) is 18.9. The van der Waals surface area contributed by atoms with Crippen molar-refractivity contribution in [1.29, 1.82) is 0 Å². The summed E-state index contributed by atoms with van der Waals surface area (Å²) in [6, 6.07) is 0.528. The van der Waals surface area contributed by atoms with E-state index in [-0.39, 0.29) is 0 Å². The van der Waals surface area contributed by atoms with Gasteiger partial charge in [-0.2, -0.15) is 0 Å². The third kappa shape index (κ3) is 6.48. The summed E-state index contributed by atoms with van der Waals surface area (Å²) in [5, 5.41) is 15.4. The first kappa shape index (κ1) is 20.1. The maximum Gasteiger partial charge on any atom is 0.192 e. The molecule has 7 heteroatoms. The molecule has 2 aliphatic carbocycles. The number of hydrogen-bond donors (Lipinski definition) is 2. The fourth-order valence-electron chi connectivity index (χ4n) is 3.96. The third-order valence-corrected chi connectivity index (χ3v) is 5.81. The van der Waals surface area contributed by atoms with Gasteiger partial charge in [0.2, 0.25) is 0 Å². The SMILES string of the molecule is Cc1nnc(CN=C(NCCOC2CCCCCC2)NC2CCCC2)n1C. The molecule has 0 spiro atoms. The van der Waals surface area contributed by atoms with Crippen molar-refractivity contribution in [3.05, 3.63) is 11.6 Å². The third-order valence-electron chi connectivity index (χ3n) is 5.81. The number of nitrogens with zero attached hydrogens (tertiary/aromatic N) is 4. The number of hydrogen-bond acceptors (Lipinski definition) is 4. The molecule has 2 aliphatic rings. The Bertz CT molecular complexity index is 585. The second-order valence-corrected chi connectivity index (χ2v) is 7.92. The van der Waals surface area contributed by atoms with Gasteiger partial charge in [0.1, 0.15) is 12.4 Å². The summed E-state index contributed by atoms with van der Waals surface area (Å²) in [7, 11) is 1.98. The normalized spacial score (nSPS) is 20.0. The van der Waals surface area contributed by atoms with Gasteiger partial charge in [-0.05, 0) is 32.6 Å². The lowest BCUT2D eigenvalue weighted by Crippen LogP contribution is -2.43. The van der Waals surface area contributed by atoms with Crippen LogP contribution in [0.2, 0.25) is 0 Å². The second-order valence-electron chi connectivity index (χ2n) is 7.92. The van der Waals surface area contributed by atoms with E-state index in [1.807, 2.05) is 18.5 Å². The zero-order valence-electron chi connectivity index (χ0n) is 17.0. The van der Waals surface area contributed by atoms with Gasteiger partial charge < -0.3 is 19.9 Å². The van der Waals surface area contributed by atoms with Crippen LogP contribution in [-0.4, -0.2) is 46.0 Å². The van der Waals surface area contributed by atoms with Gasteiger partial charge >= 0.3 is 0 Å². The number of aliphatic imine (C=N–C) groups is 1. The summed E-state index contributed by atoms with van der Waals surface area (Å²) in [6.45, 7) is 4.01. The van der Waals surface area contributed by atoms with E-state index >= 15 is 0 Å². The Hall–Kier alpha value is -1.63. The van der Waals surface area contributed by atoms with Crippen molar-refractivity contribution in [2.45, 2.75) is 89.8 Å². The number of aryl methyl sites for hydroxylation is 1. The summed E-state index contributed by atoms with van der Waals surface area (Å²) in [5.74, 6) is 2.66. The smallest absolute Gasteiger partial charge is 0.192 e. The predicted molar refractivity (Wildman–Crippen MR) is 108 cm³/mol. The van der Waals surface area contributed by atoms with Crippen molar-refractivity contribution < 1.29 is 4.74 Å². The van der Waals surface area contributed by atoms with Crippen molar-refractivity contribution in [3.8, 4) is 0 Å². The highest BCUT2D eigenvalue weighted by atomic mass is 16.5. The average molecular weight is 377 g/mol. The number of ether oxygens (including phenoxy) is 1. The Labute approximate surface area is 163 Å². The largest absolute Gasteiger partial charge is 0.376 e. The van der Waals surface area contributed by atoms with E-state index in [1.165, 1.54) is 64.2 Å². The number of nitrogens with one attached hydrogen (secondary N) is 2. The Morgan fingerprint density at radius 3 is 2.44 bits per heavy atom. The molecule has 2 fully saturated rings. The molecule has 0 amide bonds. The molecule has 0 aromatic carbocycles. The molecule has 7 nitrogen and oxygen atoms in total. The van der Waals surface area contributed by atoms with Gasteiger partial charge in [-0.1, -0.05) is 38.5 Å². The Morgan fingerprint density at radius 1 is 1.07 bits per heavy atom. The molecule has 0 unspecified atom stereocenters. The van der Waals surface area contributed by atoms with Gasteiger partial charge in [-0.25, -0.2) is 4.99 Å². The van der Waals surface area contributed by atoms with Crippen LogP contribution in [0.4, 0.5) is 0 Å². The zero-order valence-corrected chi connectivity index (χ0v) is 17.0. The summed E-state index contributed by atoms with van der Waals surface area (Å²) in [5.41, 5.74) is 0. The van der Waals surface area contributed by atoms with Crippen LogP contribution < -0.4 is 10.6 Å². The van der Waals surface area contributed by atoms with Crippen molar-refractivity contribution in [1.82, 2.24) is 25.4 Å². The molecule has 0 radical (unpaired) electrons. The van der Waals surface area contributed by atoms with Gasteiger partial charge in [0.15, 0.2) is 11.8 Å². The van der Waals surface area contributed by atoms with E-state index in [4.69, 9.17) is 9.73 Å². The lowest BCUT2D eigenvalue weighted by atomic mass is 10.1. The minimum atomic E-state index is 0.444. The first-order valence-corrected chi connectivity index (χ1v) is 10.7. The molecule has 0 atom stereocenters. The minimum absolute atomic E-state index is 0.444. The van der Waals surface area contributed by atoms with E-state index in [1.54, 1.807) is 0 Å². The first-order chi connectivity index (χ1) is 13.2. The van der Waals surface area contributed by atoms with Crippen LogP contribution in [0.3, 0.4) is 0 Å². The summed E-state index contributed by atoms with van der Waals surface area (Å²) in [4.78, 5) is 4.75. The molecule has 0 bridgehead atoms. The fraction of sp³-hybridized carbons (Fsp3) is 0.850. The molecule has 3 rings (SSSR count). The second kappa shape index (κ2) is 10.6. The van der Waals surface area contributed by atoms with Gasteiger partial charge in [0, 0.05) is 19.6 Å². The molecule has 0 saturated heterocycles. The number of guanidine groups is 1. The number of rotatable bonds is 7. The standard InChI is InChI=1S/C20H36N6O/c1-16-24-25-19(26(16)2)15-22-20(23-17-9-7-8-10-17)21-13-14-27-18-11-5-3-4-6-12-18/h17-18H,3-15H2,1-2H3,(H2,21,22,23). The van der Waals surface area contributed by atoms with Crippen molar-refractivity contribution >= 4 is 5.96 Å². The molecule has 1 heterocycles. The van der Waals surface area contributed by atoms with Gasteiger partial charge in [-0.15, -0.1) is 10.2 Å².